The highest BCUT2D eigenvalue weighted by Gasteiger charge is 2.22. The van der Waals surface area contributed by atoms with Gasteiger partial charge in [0.2, 0.25) is 0 Å². The number of benzene rings is 1. The third-order valence-corrected chi connectivity index (χ3v) is 3.55. The number of rotatable bonds is 7. The SMILES string of the molecule is CCNC(C)(C#N)CCN(C)c1ccc(CC)cc1. The summed E-state index contributed by atoms with van der Waals surface area (Å²) in [6.45, 7) is 7.84. The molecule has 0 radical (unpaired) electrons. The van der Waals surface area contributed by atoms with Crippen molar-refractivity contribution in [2.24, 2.45) is 0 Å². The van der Waals surface area contributed by atoms with Crippen LogP contribution in [-0.4, -0.2) is 25.7 Å². The van der Waals surface area contributed by atoms with E-state index in [1.807, 2.05) is 13.8 Å². The van der Waals surface area contributed by atoms with Gasteiger partial charge in [-0.05, 0) is 44.0 Å². The first-order valence-corrected chi connectivity index (χ1v) is 7.01. The Morgan fingerprint density at radius 1 is 1.26 bits per heavy atom. The van der Waals surface area contributed by atoms with Gasteiger partial charge in [0.15, 0.2) is 0 Å². The monoisotopic (exact) mass is 259 g/mol. The van der Waals surface area contributed by atoms with Crippen molar-refractivity contribution in [3.63, 3.8) is 0 Å². The van der Waals surface area contributed by atoms with Crippen LogP contribution in [0.1, 0.15) is 32.8 Å². The van der Waals surface area contributed by atoms with E-state index in [0.29, 0.717) is 0 Å². The predicted molar refractivity (Wildman–Crippen MR) is 81.4 cm³/mol. The molecule has 0 aromatic heterocycles. The molecule has 0 saturated carbocycles. The lowest BCUT2D eigenvalue weighted by Gasteiger charge is -2.27. The van der Waals surface area contributed by atoms with E-state index in [1.54, 1.807) is 0 Å². The van der Waals surface area contributed by atoms with Crippen molar-refractivity contribution in [1.82, 2.24) is 5.32 Å². The van der Waals surface area contributed by atoms with Crippen LogP contribution in [0.5, 0.6) is 0 Å². The van der Waals surface area contributed by atoms with E-state index >= 15 is 0 Å². The highest BCUT2D eigenvalue weighted by atomic mass is 15.1. The maximum Gasteiger partial charge on any atom is 0.105 e. The molecule has 0 fully saturated rings. The Bertz CT molecular complexity index is 419. The molecular weight excluding hydrogens is 234 g/mol. The molecule has 1 atom stereocenters. The van der Waals surface area contributed by atoms with E-state index in [-0.39, 0.29) is 0 Å². The maximum atomic E-state index is 9.24. The van der Waals surface area contributed by atoms with E-state index in [4.69, 9.17) is 0 Å². The van der Waals surface area contributed by atoms with E-state index in [9.17, 15) is 5.26 Å². The van der Waals surface area contributed by atoms with Crippen molar-refractivity contribution in [3.05, 3.63) is 29.8 Å². The van der Waals surface area contributed by atoms with Gasteiger partial charge in [-0.1, -0.05) is 26.0 Å². The molecule has 1 unspecified atom stereocenters. The van der Waals surface area contributed by atoms with Crippen LogP contribution in [0.25, 0.3) is 0 Å². The van der Waals surface area contributed by atoms with Crippen molar-refractivity contribution in [1.29, 1.82) is 5.26 Å². The quantitative estimate of drug-likeness (QED) is 0.818. The van der Waals surface area contributed by atoms with Gasteiger partial charge in [0, 0.05) is 19.3 Å². The zero-order valence-electron chi connectivity index (χ0n) is 12.5. The van der Waals surface area contributed by atoms with Crippen molar-refractivity contribution >= 4 is 5.69 Å². The molecule has 0 aliphatic heterocycles. The van der Waals surface area contributed by atoms with E-state index in [1.165, 1.54) is 11.3 Å². The zero-order valence-corrected chi connectivity index (χ0v) is 12.5. The summed E-state index contributed by atoms with van der Waals surface area (Å²) >= 11 is 0. The predicted octanol–water partition coefficient (Wildman–Crippen LogP) is 2.97. The van der Waals surface area contributed by atoms with Gasteiger partial charge >= 0.3 is 0 Å². The molecule has 0 aliphatic rings. The number of hydrogen-bond acceptors (Lipinski definition) is 3. The average molecular weight is 259 g/mol. The Labute approximate surface area is 117 Å². The van der Waals surface area contributed by atoms with Gasteiger partial charge in [-0.2, -0.15) is 5.26 Å². The normalized spacial score (nSPS) is 13.6. The number of hydrogen-bond donors (Lipinski definition) is 1. The maximum absolute atomic E-state index is 9.24. The molecule has 0 spiro atoms. The molecule has 1 aromatic rings. The molecular formula is C16H25N3. The summed E-state index contributed by atoms with van der Waals surface area (Å²) in [6.07, 6.45) is 1.88. The van der Waals surface area contributed by atoms with Crippen LogP contribution in [0.4, 0.5) is 5.69 Å². The lowest BCUT2D eigenvalue weighted by atomic mass is 9.99. The lowest BCUT2D eigenvalue weighted by molar-refractivity contribution is 0.432. The molecule has 0 heterocycles. The second-order valence-corrected chi connectivity index (χ2v) is 5.17. The van der Waals surface area contributed by atoms with Crippen LogP contribution < -0.4 is 10.2 Å². The molecule has 1 aromatic carbocycles. The number of aryl methyl sites for hydroxylation is 1. The van der Waals surface area contributed by atoms with Crippen LogP contribution in [-0.2, 0) is 6.42 Å². The molecule has 3 nitrogen and oxygen atoms in total. The third kappa shape index (κ3) is 4.57. The van der Waals surface area contributed by atoms with E-state index in [2.05, 4.69) is 54.5 Å². The molecule has 1 N–H and O–H groups in total. The first-order valence-electron chi connectivity index (χ1n) is 7.01. The number of nitriles is 1. The first kappa shape index (κ1) is 15.5. The van der Waals surface area contributed by atoms with Crippen LogP contribution in [0.2, 0.25) is 0 Å². The minimum atomic E-state index is -0.438. The second kappa shape index (κ2) is 7.16. The number of anilines is 1. The summed E-state index contributed by atoms with van der Waals surface area (Å²) in [6, 6.07) is 11.0. The Morgan fingerprint density at radius 2 is 1.89 bits per heavy atom. The minimum absolute atomic E-state index is 0.438. The van der Waals surface area contributed by atoms with Gasteiger partial charge in [-0.3, -0.25) is 5.32 Å². The van der Waals surface area contributed by atoms with Gasteiger partial charge in [0.25, 0.3) is 0 Å². The van der Waals surface area contributed by atoms with Gasteiger partial charge in [-0.25, -0.2) is 0 Å². The minimum Gasteiger partial charge on any atom is -0.374 e. The molecule has 104 valence electrons. The van der Waals surface area contributed by atoms with Crippen molar-refractivity contribution < 1.29 is 0 Å². The van der Waals surface area contributed by atoms with E-state index in [0.717, 1.165) is 25.9 Å². The zero-order chi connectivity index (χ0) is 14.3. The Kier molecular flexibility index (Phi) is 5.85. The largest absolute Gasteiger partial charge is 0.374 e. The Hall–Kier alpha value is -1.53. The molecule has 19 heavy (non-hydrogen) atoms. The smallest absolute Gasteiger partial charge is 0.105 e. The molecule has 0 saturated heterocycles. The van der Waals surface area contributed by atoms with Gasteiger partial charge in [0.05, 0.1) is 6.07 Å². The summed E-state index contributed by atoms with van der Waals surface area (Å²) < 4.78 is 0. The number of nitrogens with one attached hydrogen (secondary N) is 1. The van der Waals surface area contributed by atoms with Crippen LogP contribution in [0.3, 0.4) is 0 Å². The Morgan fingerprint density at radius 3 is 2.37 bits per heavy atom. The topological polar surface area (TPSA) is 39.1 Å². The summed E-state index contributed by atoms with van der Waals surface area (Å²) in [5, 5.41) is 12.5. The lowest BCUT2D eigenvalue weighted by Crippen LogP contribution is -2.43. The van der Waals surface area contributed by atoms with Crippen molar-refractivity contribution in [2.75, 3.05) is 25.0 Å². The van der Waals surface area contributed by atoms with Crippen LogP contribution in [0, 0.1) is 11.3 Å². The molecule has 0 amide bonds. The first-order chi connectivity index (χ1) is 9.04. The summed E-state index contributed by atoms with van der Waals surface area (Å²) in [7, 11) is 2.07. The summed E-state index contributed by atoms with van der Waals surface area (Å²) in [4.78, 5) is 2.20. The highest BCUT2D eigenvalue weighted by molar-refractivity contribution is 5.46. The van der Waals surface area contributed by atoms with Crippen LogP contribution >= 0.6 is 0 Å². The Balaban J connectivity index is 2.59. The third-order valence-electron chi connectivity index (χ3n) is 3.55. The summed E-state index contributed by atoms with van der Waals surface area (Å²) in [5.41, 5.74) is 2.12. The molecule has 0 aliphatic carbocycles. The standard InChI is InChI=1S/C16H25N3/c1-5-14-7-9-15(10-8-14)19(4)12-11-16(3,13-17)18-6-2/h7-10,18H,5-6,11-12H2,1-4H3. The van der Waals surface area contributed by atoms with E-state index < -0.39 is 5.54 Å². The fraction of sp³-hybridized carbons (Fsp3) is 0.562. The van der Waals surface area contributed by atoms with Gasteiger partial charge in [-0.15, -0.1) is 0 Å². The molecule has 3 heteroatoms. The van der Waals surface area contributed by atoms with Crippen molar-refractivity contribution in [2.45, 2.75) is 39.2 Å². The second-order valence-electron chi connectivity index (χ2n) is 5.17. The highest BCUT2D eigenvalue weighted by Crippen LogP contribution is 2.16. The number of nitrogens with zero attached hydrogens (tertiary/aromatic N) is 2. The average Bonchev–Trinajstić information content (AvgIpc) is 2.45. The fourth-order valence-electron chi connectivity index (χ4n) is 2.08. The van der Waals surface area contributed by atoms with Crippen molar-refractivity contribution in [3.8, 4) is 6.07 Å². The molecule has 0 bridgehead atoms. The van der Waals surface area contributed by atoms with Gasteiger partial charge < -0.3 is 4.90 Å². The van der Waals surface area contributed by atoms with Gasteiger partial charge in [0.1, 0.15) is 5.54 Å². The fourth-order valence-corrected chi connectivity index (χ4v) is 2.08. The van der Waals surface area contributed by atoms with Crippen LogP contribution in [0.15, 0.2) is 24.3 Å². The molecule has 1 rings (SSSR count). The summed E-state index contributed by atoms with van der Waals surface area (Å²) in [5.74, 6) is 0.